The van der Waals surface area contributed by atoms with E-state index in [9.17, 15) is 0 Å². The van der Waals surface area contributed by atoms with Crippen molar-refractivity contribution in [3.05, 3.63) is 479 Å². The molecule has 0 bridgehead atoms. The maximum Gasteiger partial charge on any atom is 0.235 e. The van der Waals surface area contributed by atoms with E-state index in [0.29, 0.717) is 11.8 Å². The summed E-state index contributed by atoms with van der Waals surface area (Å²) in [5.74, 6) is 1.99. The van der Waals surface area contributed by atoms with Gasteiger partial charge in [-0.1, -0.05) is 419 Å². The molecule has 0 saturated carbocycles. The predicted octanol–water partition coefficient (Wildman–Crippen LogP) is 26.2. The van der Waals surface area contributed by atoms with Gasteiger partial charge >= 0.3 is 0 Å². The summed E-state index contributed by atoms with van der Waals surface area (Å²) >= 11 is 0. The summed E-state index contributed by atoms with van der Waals surface area (Å²) in [6, 6.07) is 163. The van der Waals surface area contributed by atoms with Gasteiger partial charge in [-0.3, -0.25) is 9.13 Å². The van der Waals surface area contributed by atoms with Crippen LogP contribution in [0.1, 0.15) is 0 Å². The average molecular weight is 1790 g/mol. The fourth-order valence-corrected chi connectivity index (χ4v) is 30.6. The molecular formula is C121H79N8O3P3. The standard InChI is InChI=1S/C41H27N2OP.2C40H26N3OP/c44-45(31-18-8-3-9-19-31)39-23-13-11-20-32(39)33-24-25-38-40(41(33)45)34-21-10-12-22-37(34)43(38)30-26-35(28-14-4-1-5-15-28)42-36(27-30)29-16-6-2-7-17-29;44-45(29-18-8-3-9-19-29)37-23-13-11-20-30(37)31-24-25-36-38(39(31)45)32-21-10-12-22-35(32)43(36)40-41-33(27-14-4-1-5-15-27)26-34(42-40)28-16-6-2-7-17-28;44-45(29-18-8-3-9-19-29)36-23-13-11-20-30(36)31-24-25-35-38(39(31)45)32-21-10-12-22-34(32)43(35)37-26-33(27-14-4-1-5-15-27)41-40(42-37)28-16-6-2-7-17-28/h1-27H;2*1-26H. The topological polar surface area (TPSA) is 130 Å². The number of aromatic nitrogens is 8. The second kappa shape index (κ2) is 32.7. The Morgan fingerprint density at radius 3 is 0.830 bits per heavy atom. The molecule has 3 atom stereocenters. The fourth-order valence-electron chi connectivity index (χ4n) is 20.7. The van der Waals surface area contributed by atoms with Gasteiger partial charge in [-0.2, -0.15) is 0 Å². The average Bonchev–Trinajstić information content (AvgIpc) is 1.54. The molecule has 0 aliphatic carbocycles. The van der Waals surface area contributed by atoms with Crippen molar-refractivity contribution in [2.45, 2.75) is 0 Å². The SMILES string of the molecule is O=P1(c2ccccc2)c2ccccc2-c2ccc3c(c21)c1ccccc1n3-c1cc(-c2ccccc2)nc(-c2ccccc2)c1.O=P1(c2ccccc2)c2ccccc2-c2ccc3c(c21)c1ccccc1n3-c1cc(-c2ccccc2)nc(-c2ccccc2)n1.O=P1(c2ccccc2)c2ccccc2-c2ccc3c(c21)c1ccccc1n3-c1nc(-c2ccccc2)cc(-c2ccccc2)n1. The molecule has 0 saturated heterocycles. The van der Waals surface area contributed by atoms with Crippen molar-refractivity contribution in [2.24, 2.45) is 0 Å². The second-order valence-corrected chi connectivity index (χ2v) is 42.2. The summed E-state index contributed by atoms with van der Waals surface area (Å²) < 4.78 is 53.8. The molecule has 9 heterocycles. The van der Waals surface area contributed by atoms with Gasteiger partial charge in [-0.05, 0) is 88.0 Å². The lowest BCUT2D eigenvalue weighted by atomic mass is 10.0. The largest absolute Gasteiger partial charge is 0.309 e. The van der Waals surface area contributed by atoms with Gasteiger partial charge in [0.15, 0.2) is 27.3 Å². The first-order valence-electron chi connectivity index (χ1n) is 45.3. The van der Waals surface area contributed by atoms with Crippen LogP contribution < -0.4 is 47.7 Å². The molecule has 3 aliphatic heterocycles. The van der Waals surface area contributed by atoms with Crippen LogP contribution in [0, 0.1) is 0 Å². The third kappa shape index (κ3) is 13.0. The van der Waals surface area contributed by atoms with E-state index in [4.69, 9.17) is 24.9 Å². The minimum atomic E-state index is -3.20. The lowest BCUT2D eigenvalue weighted by molar-refractivity contribution is 0.592. The highest BCUT2D eigenvalue weighted by atomic mass is 31.2. The van der Waals surface area contributed by atoms with E-state index in [2.05, 4.69) is 250 Å². The monoisotopic (exact) mass is 1780 g/mol. The molecule has 27 rings (SSSR count). The van der Waals surface area contributed by atoms with Crippen LogP contribution >= 0.6 is 21.4 Å². The molecule has 18 aromatic carbocycles. The summed E-state index contributed by atoms with van der Waals surface area (Å²) in [6.07, 6.45) is 0. The van der Waals surface area contributed by atoms with Crippen LogP contribution in [0.25, 0.3) is 184 Å². The zero-order valence-electron chi connectivity index (χ0n) is 72.8. The maximum atomic E-state index is 15.7. The van der Waals surface area contributed by atoms with Crippen LogP contribution in [-0.2, 0) is 13.7 Å². The third-order valence-corrected chi connectivity index (χ3v) is 36.2. The molecule has 636 valence electrons. The molecule has 0 radical (unpaired) electrons. The van der Waals surface area contributed by atoms with Gasteiger partial charge in [0, 0.05) is 120 Å². The van der Waals surface area contributed by atoms with Crippen LogP contribution in [0.5, 0.6) is 0 Å². The molecule has 0 N–H and O–H groups in total. The molecule has 135 heavy (non-hydrogen) atoms. The van der Waals surface area contributed by atoms with Crippen molar-refractivity contribution >= 4 is 135 Å². The highest BCUT2D eigenvalue weighted by molar-refractivity contribution is 7.88. The van der Waals surface area contributed by atoms with Gasteiger partial charge in [-0.15, -0.1) is 0 Å². The summed E-state index contributed by atoms with van der Waals surface area (Å²) in [5, 5.41) is 14.2. The van der Waals surface area contributed by atoms with Gasteiger partial charge in [0.2, 0.25) is 5.95 Å². The number of nitrogens with zero attached hydrogens (tertiary/aromatic N) is 8. The Kier molecular flexibility index (Phi) is 19.5. The third-order valence-electron chi connectivity index (χ3n) is 26.6. The number of pyridine rings is 1. The van der Waals surface area contributed by atoms with E-state index >= 15 is 13.7 Å². The Labute approximate surface area is 779 Å². The van der Waals surface area contributed by atoms with Crippen molar-refractivity contribution in [1.82, 2.24) is 38.6 Å². The summed E-state index contributed by atoms with van der Waals surface area (Å²) in [7, 11) is -9.56. The normalized spacial score (nSPS) is 15.3. The van der Waals surface area contributed by atoms with E-state index in [1.54, 1.807) is 0 Å². The van der Waals surface area contributed by atoms with E-state index in [1.807, 2.05) is 243 Å². The van der Waals surface area contributed by atoms with Gasteiger partial charge < -0.3 is 18.3 Å². The molecular weight excluding hydrogens is 1710 g/mol. The Balaban J connectivity index is 0.000000108. The minimum Gasteiger partial charge on any atom is -0.309 e. The zero-order valence-corrected chi connectivity index (χ0v) is 75.4. The summed E-state index contributed by atoms with van der Waals surface area (Å²) in [4.78, 5) is 25.7. The fraction of sp³-hybridized carbons (Fsp3) is 0. The molecule has 6 aromatic heterocycles. The molecule has 24 aromatic rings. The number of benzene rings is 18. The second-order valence-electron chi connectivity index (χ2n) is 34.2. The number of hydrogen-bond acceptors (Lipinski definition) is 8. The van der Waals surface area contributed by atoms with Gasteiger partial charge in [-0.25, -0.2) is 24.9 Å². The van der Waals surface area contributed by atoms with E-state index in [-0.39, 0.29) is 0 Å². The van der Waals surface area contributed by atoms with Gasteiger partial charge in [0.25, 0.3) is 0 Å². The predicted molar refractivity (Wildman–Crippen MR) is 559 cm³/mol. The number of rotatable bonds is 12. The molecule has 14 heteroatoms. The van der Waals surface area contributed by atoms with Crippen molar-refractivity contribution in [1.29, 1.82) is 0 Å². The quantitative estimate of drug-likeness (QED) is 0.111. The first-order valence-corrected chi connectivity index (χ1v) is 50.4. The van der Waals surface area contributed by atoms with Crippen molar-refractivity contribution < 1.29 is 13.7 Å². The van der Waals surface area contributed by atoms with E-state index in [0.717, 1.165) is 220 Å². The highest BCUT2D eigenvalue weighted by Crippen LogP contribution is 2.59. The lowest BCUT2D eigenvalue weighted by Crippen LogP contribution is -2.21. The van der Waals surface area contributed by atoms with E-state index < -0.39 is 21.4 Å². The zero-order chi connectivity index (χ0) is 89.9. The number of hydrogen-bond donors (Lipinski definition) is 0. The van der Waals surface area contributed by atoms with E-state index in [1.165, 1.54) is 0 Å². The Hall–Kier alpha value is -16.6. The minimum absolute atomic E-state index is 0.575. The first-order chi connectivity index (χ1) is 66.6. The molecule has 0 amide bonds. The Morgan fingerprint density at radius 2 is 0.467 bits per heavy atom. The van der Waals surface area contributed by atoms with Crippen LogP contribution in [-0.4, -0.2) is 38.6 Å². The molecule has 3 unspecified atom stereocenters. The molecule has 11 nitrogen and oxygen atoms in total. The first kappa shape index (κ1) is 80.4. The Bertz CT molecular complexity index is 8010. The summed E-state index contributed by atoms with van der Waals surface area (Å²) in [6.45, 7) is 0. The smallest absolute Gasteiger partial charge is 0.235 e. The lowest BCUT2D eigenvalue weighted by Gasteiger charge is -2.17. The van der Waals surface area contributed by atoms with Gasteiger partial charge in [0.05, 0.1) is 67.3 Å². The molecule has 0 spiro atoms. The van der Waals surface area contributed by atoms with Gasteiger partial charge in [0.1, 0.15) is 5.82 Å². The van der Waals surface area contributed by atoms with Crippen molar-refractivity contribution in [2.75, 3.05) is 0 Å². The Morgan fingerprint density at radius 1 is 0.193 bits per heavy atom. The highest BCUT2D eigenvalue weighted by Gasteiger charge is 2.46. The van der Waals surface area contributed by atoms with Crippen molar-refractivity contribution in [3.8, 4) is 119 Å². The van der Waals surface area contributed by atoms with Crippen LogP contribution in [0.3, 0.4) is 0 Å². The molecule has 0 fully saturated rings. The number of para-hydroxylation sites is 3. The van der Waals surface area contributed by atoms with Crippen LogP contribution in [0.15, 0.2) is 479 Å². The summed E-state index contributed by atoms with van der Waals surface area (Å²) in [5.41, 5.74) is 23.7. The van der Waals surface area contributed by atoms with Crippen LogP contribution in [0.4, 0.5) is 0 Å². The number of fused-ring (bicyclic) bond motifs is 21. The maximum absolute atomic E-state index is 15.7. The van der Waals surface area contributed by atoms with Crippen LogP contribution in [0.2, 0.25) is 0 Å². The van der Waals surface area contributed by atoms with Crippen molar-refractivity contribution in [3.63, 3.8) is 0 Å². The molecule has 3 aliphatic rings.